The molecular formula is C20H16ClNOS2. The molecule has 3 aromatic rings. The average Bonchev–Trinajstić information content (AvgIpc) is 3.31. The molecule has 1 aromatic carbocycles. The number of thiophene rings is 1. The number of aliphatic hydroxyl groups excluding tert-OH is 1. The molecule has 1 aliphatic heterocycles. The van der Waals surface area contributed by atoms with Crippen LogP contribution in [0.3, 0.4) is 0 Å². The minimum Gasteiger partial charge on any atom is -0.384 e. The molecule has 0 aliphatic carbocycles. The number of nitrogens with zero attached hydrogens (tertiary/aromatic N) is 1. The van der Waals surface area contributed by atoms with E-state index in [1.54, 1.807) is 35.5 Å². The van der Waals surface area contributed by atoms with Crippen molar-refractivity contribution >= 4 is 39.6 Å². The van der Waals surface area contributed by atoms with Gasteiger partial charge in [-0.25, -0.2) is 0 Å². The maximum atomic E-state index is 11.2. The summed E-state index contributed by atoms with van der Waals surface area (Å²) in [4.78, 5) is 5.32. The molecule has 1 N–H and O–H groups in total. The Balaban J connectivity index is 1.85. The summed E-state index contributed by atoms with van der Waals surface area (Å²) in [6.07, 6.45) is 2.76. The van der Waals surface area contributed by atoms with E-state index in [1.165, 1.54) is 5.56 Å². The van der Waals surface area contributed by atoms with Crippen molar-refractivity contribution < 1.29 is 5.11 Å². The summed E-state index contributed by atoms with van der Waals surface area (Å²) in [6, 6.07) is 13.8. The normalized spacial score (nSPS) is 18.6. The Bertz CT molecular complexity index is 893. The van der Waals surface area contributed by atoms with Gasteiger partial charge in [0.15, 0.2) is 0 Å². The van der Waals surface area contributed by atoms with Gasteiger partial charge in [-0.2, -0.15) is 11.3 Å². The maximum absolute atomic E-state index is 11.2. The van der Waals surface area contributed by atoms with Crippen molar-refractivity contribution in [3.05, 3.63) is 92.9 Å². The second kappa shape index (κ2) is 7.34. The van der Waals surface area contributed by atoms with Crippen LogP contribution in [-0.2, 0) is 0 Å². The quantitative estimate of drug-likeness (QED) is 0.618. The van der Waals surface area contributed by atoms with Gasteiger partial charge in [0.2, 0.25) is 0 Å². The summed E-state index contributed by atoms with van der Waals surface area (Å²) in [5.41, 5.74) is 4.07. The van der Waals surface area contributed by atoms with E-state index in [4.69, 9.17) is 11.6 Å². The molecule has 25 heavy (non-hydrogen) atoms. The number of rotatable bonds is 4. The van der Waals surface area contributed by atoms with Crippen LogP contribution in [0.15, 0.2) is 71.2 Å². The monoisotopic (exact) mass is 385 g/mol. The molecule has 4 rings (SSSR count). The number of benzene rings is 1. The molecule has 0 bridgehead atoms. The van der Waals surface area contributed by atoms with Crippen molar-refractivity contribution in [1.29, 1.82) is 0 Å². The number of halogens is 1. The first-order valence-corrected chi connectivity index (χ1v) is 10.3. The lowest BCUT2D eigenvalue weighted by Gasteiger charge is -2.22. The highest BCUT2D eigenvalue weighted by Crippen LogP contribution is 2.52. The van der Waals surface area contributed by atoms with Crippen LogP contribution < -0.4 is 0 Å². The lowest BCUT2D eigenvalue weighted by atomic mass is 9.86. The summed E-state index contributed by atoms with van der Waals surface area (Å²) < 4.78 is 0. The highest BCUT2D eigenvalue weighted by molar-refractivity contribution is 8.08. The van der Waals surface area contributed by atoms with Crippen LogP contribution in [0, 0.1) is 0 Å². The summed E-state index contributed by atoms with van der Waals surface area (Å²) in [7, 11) is 0. The molecular weight excluding hydrogens is 370 g/mol. The minimum absolute atomic E-state index is 0.0869. The lowest BCUT2D eigenvalue weighted by molar-refractivity contribution is 0.210. The largest absolute Gasteiger partial charge is 0.384 e. The van der Waals surface area contributed by atoms with Crippen molar-refractivity contribution in [2.75, 3.05) is 5.75 Å². The zero-order valence-electron chi connectivity index (χ0n) is 13.3. The second-order valence-corrected chi connectivity index (χ2v) is 8.09. The van der Waals surface area contributed by atoms with Gasteiger partial charge in [-0.1, -0.05) is 35.9 Å². The first kappa shape index (κ1) is 16.9. The third-order valence-corrected chi connectivity index (χ3v) is 6.68. The Labute approximate surface area is 160 Å². The molecule has 0 saturated heterocycles. The highest BCUT2D eigenvalue weighted by atomic mass is 35.5. The maximum Gasteiger partial charge on any atom is 0.104 e. The van der Waals surface area contributed by atoms with Crippen LogP contribution in [0.1, 0.15) is 28.7 Å². The SMILES string of the molecule is OC(C1=C(c2ccsc2)SCC1c1ccccc1Cl)c1cccnc1. The summed E-state index contributed by atoms with van der Waals surface area (Å²) in [5, 5.41) is 16.1. The van der Waals surface area contributed by atoms with Gasteiger partial charge in [0, 0.05) is 39.6 Å². The Hall–Kier alpha value is -1.59. The minimum atomic E-state index is -0.695. The highest BCUT2D eigenvalue weighted by Gasteiger charge is 2.34. The van der Waals surface area contributed by atoms with E-state index < -0.39 is 6.10 Å². The third-order valence-electron chi connectivity index (χ3n) is 4.39. The van der Waals surface area contributed by atoms with Crippen LogP contribution >= 0.6 is 34.7 Å². The van der Waals surface area contributed by atoms with Gasteiger partial charge >= 0.3 is 0 Å². The van der Waals surface area contributed by atoms with E-state index in [-0.39, 0.29) is 5.92 Å². The Kier molecular flexibility index (Phi) is 4.95. The Morgan fingerprint density at radius 3 is 2.76 bits per heavy atom. The molecule has 0 amide bonds. The lowest BCUT2D eigenvalue weighted by Crippen LogP contribution is -2.11. The van der Waals surface area contributed by atoms with E-state index >= 15 is 0 Å². The summed E-state index contributed by atoms with van der Waals surface area (Å²) in [6.45, 7) is 0. The van der Waals surface area contributed by atoms with Gasteiger partial charge < -0.3 is 5.11 Å². The molecule has 5 heteroatoms. The smallest absolute Gasteiger partial charge is 0.104 e. The second-order valence-electron chi connectivity index (χ2n) is 5.87. The van der Waals surface area contributed by atoms with Crippen molar-refractivity contribution in [2.24, 2.45) is 0 Å². The molecule has 0 fully saturated rings. The molecule has 126 valence electrons. The van der Waals surface area contributed by atoms with Gasteiger partial charge in [0.05, 0.1) is 0 Å². The van der Waals surface area contributed by atoms with E-state index in [0.717, 1.165) is 32.4 Å². The molecule has 2 unspecified atom stereocenters. The molecule has 0 saturated carbocycles. The Morgan fingerprint density at radius 1 is 1.16 bits per heavy atom. The molecule has 2 aromatic heterocycles. The van der Waals surface area contributed by atoms with Crippen molar-refractivity contribution in [1.82, 2.24) is 4.98 Å². The van der Waals surface area contributed by atoms with Crippen LogP contribution in [0.2, 0.25) is 5.02 Å². The van der Waals surface area contributed by atoms with Gasteiger partial charge in [0.1, 0.15) is 6.10 Å². The summed E-state index contributed by atoms with van der Waals surface area (Å²) >= 11 is 9.93. The molecule has 3 heterocycles. The standard InChI is InChI=1S/C20H16ClNOS2/c21-17-6-2-1-5-15(17)16-12-25-20(14-7-9-24-11-14)18(16)19(23)13-4-3-8-22-10-13/h1-11,16,19,23H,12H2. The van der Waals surface area contributed by atoms with Gasteiger partial charge in [-0.05, 0) is 45.7 Å². The number of aromatic nitrogens is 1. The van der Waals surface area contributed by atoms with Crippen LogP contribution in [0.5, 0.6) is 0 Å². The fourth-order valence-electron chi connectivity index (χ4n) is 3.19. The predicted octanol–water partition coefficient (Wildman–Crippen LogP) is 5.77. The zero-order valence-corrected chi connectivity index (χ0v) is 15.7. The molecule has 0 radical (unpaired) electrons. The number of hydrogen-bond acceptors (Lipinski definition) is 4. The van der Waals surface area contributed by atoms with Gasteiger partial charge in [0.25, 0.3) is 0 Å². The molecule has 0 spiro atoms. The van der Waals surface area contributed by atoms with Crippen molar-refractivity contribution in [3.63, 3.8) is 0 Å². The van der Waals surface area contributed by atoms with Crippen LogP contribution in [-0.4, -0.2) is 15.8 Å². The number of pyridine rings is 1. The molecule has 2 atom stereocenters. The van der Waals surface area contributed by atoms with E-state index in [9.17, 15) is 5.11 Å². The fourth-order valence-corrected chi connectivity index (χ4v) is 5.58. The average molecular weight is 386 g/mol. The van der Waals surface area contributed by atoms with Gasteiger partial charge in [-0.3, -0.25) is 4.98 Å². The van der Waals surface area contributed by atoms with E-state index in [0.29, 0.717) is 0 Å². The number of hydrogen-bond donors (Lipinski definition) is 1. The first-order chi connectivity index (χ1) is 12.3. The fraction of sp³-hybridized carbons (Fsp3) is 0.150. The third kappa shape index (κ3) is 3.27. The van der Waals surface area contributed by atoms with Gasteiger partial charge in [-0.15, -0.1) is 11.8 Å². The first-order valence-electron chi connectivity index (χ1n) is 7.97. The van der Waals surface area contributed by atoms with Crippen LogP contribution in [0.4, 0.5) is 0 Å². The predicted molar refractivity (Wildman–Crippen MR) is 107 cm³/mol. The summed E-state index contributed by atoms with van der Waals surface area (Å²) in [5.74, 6) is 0.963. The molecule has 2 nitrogen and oxygen atoms in total. The van der Waals surface area contributed by atoms with E-state index in [1.807, 2.05) is 30.3 Å². The number of thioether (sulfide) groups is 1. The zero-order chi connectivity index (χ0) is 17.2. The van der Waals surface area contributed by atoms with E-state index in [2.05, 4.69) is 27.9 Å². The van der Waals surface area contributed by atoms with Crippen molar-refractivity contribution in [3.8, 4) is 0 Å². The Morgan fingerprint density at radius 2 is 2.04 bits per heavy atom. The number of aliphatic hydroxyl groups is 1. The van der Waals surface area contributed by atoms with Crippen molar-refractivity contribution in [2.45, 2.75) is 12.0 Å². The van der Waals surface area contributed by atoms with Crippen LogP contribution in [0.25, 0.3) is 4.91 Å². The topological polar surface area (TPSA) is 33.1 Å². The molecule has 1 aliphatic rings.